The first kappa shape index (κ1) is 10.6. The van der Waals surface area contributed by atoms with E-state index in [0.717, 1.165) is 11.3 Å². The van der Waals surface area contributed by atoms with Gasteiger partial charge in [0.1, 0.15) is 18.1 Å². The highest BCUT2D eigenvalue weighted by Crippen LogP contribution is 2.31. The largest absolute Gasteiger partial charge is 0.497 e. The summed E-state index contributed by atoms with van der Waals surface area (Å²) in [5.41, 5.74) is 0.854. The summed E-state index contributed by atoms with van der Waals surface area (Å²) in [4.78, 5) is 11.0. The molecule has 5 heteroatoms. The highest BCUT2D eigenvalue weighted by Gasteiger charge is 2.26. The smallest absolute Gasteiger partial charge is 0.407 e. The first-order chi connectivity index (χ1) is 7.74. The van der Waals surface area contributed by atoms with Gasteiger partial charge in [-0.25, -0.2) is 4.79 Å². The molecule has 86 valence electrons. The molecule has 0 aliphatic carbocycles. The Morgan fingerprint density at radius 1 is 1.38 bits per heavy atom. The molecule has 0 aromatic heterocycles. The van der Waals surface area contributed by atoms with Crippen LogP contribution in [0.15, 0.2) is 18.2 Å². The fourth-order valence-electron chi connectivity index (χ4n) is 1.66. The second-order valence-electron chi connectivity index (χ2n) is 3.40. The van der Waals surface area contributed by atoms with Gasteiger partial charge in [-0.05, 0) is 18.2 Å². The van der Waals surface area contributed by atoms with Crippen molar-refractivity contribution in [2.24, 2.45) is 0 Å². The lowest BCUT2D eigenvalue weighted by Crippen LogP contribution is -2.18. The topological polar surface area (TPSA) is 56.8 Å². The van der Waals surface area contributed by atoms with E-state index < -0.39 is 6.09 Å². The quantitative estimate of drug-likeness (QED) is 0.843. The van der Waals surface area contributed by atoms with Crippen LogP contribution in [0.2, 0.25) is 0 Å². The van der Waals surface area contributed by atoms with Crippen molar-refractivity contribution in [3.05, 3.63) is 23.8 Å². The van der Waals surface area contributed by atoms with Crippen LogP contribution < -0.4 is 14.8 Å². The van der Waals surface area contributed by atoms with E-state index in [0.29, 0.717) is 12.4 Å². The fourth-order valence-corrected chi connectivity index (χ4v) is 1.66. The van der Waals surface area contributed by atoms with E-state index in [4.69, 9.17) is 14.2 Å². The number of benzene rings is 1. The molecule has 1 unspecified atom stereocenters. The van der Waals surface area contributed by atoms with Gasteiger partial charge in [-0.2, -0.15) is 0 Å². The van der Waals surface area contributed by atoms with Crippen molar-refractivity contribution in [2.75, 3.05) is 20.8 Å². The van der Waals surface area contributed by atoms with Crippen LogP contribution in [0.5, 0.6) is 11.5 Å². The van der Waals surface area contributed by atoms with Gasteiger partial charge < -0.3 is 19.5 Å². The number of hydrogen-bond acceptors (Lipinski definition) is 4. The normalized spacial score (nSPS) is 18.9. The third-order valence-corrected chi connectivity index (χ3v) is 2.49. The molecular formula is C11H13NO4. The molecule has 1 aliphatic rings. The zero-order chi connectivity index (χ0) is 11.5. The van der Waals surface area contributed by atoms with Crippen LogP contribution in [0.25, 0.3) is 0 Å². The Bertz CT molecular complexity index is 405. The molecule has 1 saturated heterocycles. The maximum atomic E-state index is 11.0. The van der Waals surface area contributed by atoms with Crippen molar-refractivity contribution in [3.63, 3.8) is 0 Å². The van der Waals surface area contributed by atoms with Gasteiger partial charge in [0.2, 0.25) is 0 Å². The van der Waals surface area contributed by atoms with E-state index in [1.54, 1.807) is 26.4 Å². The Hall–Kier alpha value is -1.91. The lowest BCUT2D eigenvalue weighted by Gasteiger charge is -2.14. The number of carbonyl (C=O) groups is 1. The molecule has 1 aromatic rings. The average Bonchev–Trinajstić information content (AvgIpc) is 2.75. The van der Waals surface area contributed by atoms with Crippen LogP contribution in [-0.2, 0) is 4.74 Å². The van der Waals surface area contributed by atoms with Gasteiger partial charge in [-0.15, -0.1) is 0 Å². The number of nitrogens with one attached hydrogen (secondary N) is 1. The minimum Gasteiger partial charge on any atom is -0.497 e. The Kier molecular flexibility index (Phi) is 2.85. The number of methoxy groups -OCH3 is 2. The molecule has 1 fully saturated rings. The summed E-state index contributed by atoms with van der Waals surface area (Å²) < 4.78 is 15.2. The number of rotatable bonds is 3. The number of carbonyl (C=O) groups excluding carboxylic acids is 1. The highest BCUT2D eigenvalue weighted by atomic mass is 16.6. The van der Waals surface area contributed by atoms with Gasteiger partial charge in [-0.1, -0.05) is 0 Å². The molecular weight excluding hydrogens is 210 g/mol. The van der Waals surface area contributed by atoms with Crippen molar-refractivity contribution in [1.82, 2.24) is 5.32 Å². The van der Waals surface area contributed by atoms with Crippen molar-refractivity contribution in [1.29, 1.82) is 0 Å². The molecule has 1 aliphatic heterocycles. The van der Waals surface area contributed by atoms with Crippen molar-refractivity contribution >= 4 is 6.09 Å². The van der Waals surface area contributed by atoms with Crippen molar-refractivity contribution in [3.8, 4) is 11.5 Å². The van der Waals surface area contributed by atoms with E-state index in [1.165, 1.54) is 0 Å². The third-order valence-electron chi connectivity index (χ3n) is 2.49. The number of cyclic esters (lactones) is 1. The van der Waals surface area contributed by atoms with Crippen molar-refractivity contribution in [2.45, 2.75) is 6.04 Å². The zero-order valence-electron chi connectivity index (χ0n) is 9.15. The second kappa shape index (κ2) is 4.30. The fraction of sp³-hybridized carbons (Fsp3) is 0.364. The summed E-state index contributed by atoms with van der Waals surface area (Å²) in [6, 6.07) is 5.26. The molecule has 5 nitrogen and oxygen atoms in total. The standard InChI is InChI=1S/C11H13NO4/c1-14-7-3-4-10(15-2)8(5-7)9-6-16-11(13)12-9/h3-5,9H,6H2,1-2H3,(H,12,13). The summed E-state index contributed by atoms with van der Waals surface area (Å²) in [7, 11) is 3.18. The summed E-state index contributed by atoms with van der Waals surface area (Å²) in [5, 5.41) is 2.70. The first-order valence-corrected chi connectivity index (χ1v) is 4.90. The summed E-state index contributed by atoms with van der Waals surface area (Å²) in [6.45, 7) is 0.308. The second-order valence-corrected chi connectivity index (χ2v) is 3.40. The van der Waals surface area contributed by atoms with Gasteiger partial charge in [0.05, 0.1) is 20.3 Å². The van der Waals surface area contributed by atoms with E-state index in [9.17, 15) is 4.79 Å². The van der Waals surface area contributed by atoms with E-state index >= 15 is 0 Å². The lowest BCUT2D eigenvalue weighted by atomic mass is 10.1. The van der Waals surface area contributed by atoms with Gasteiger partial charge >= 0.3 is 6.09 Å². The van der Waals surface area contributed by atoms with Crippen LogP contribution in [0.1, 0.15) is 11.6 Å². The van der Waals surface area contributed by atoms with Gasteiger partial charge in [0.25, 0.3) is 0 Å². The average molecular weight is 223 g/mol. The lowest BCUT2D eigenvalue weighted by molar-refractivity contribution is 0.177. The van der Waals surface area contributed by atoms with Crippen LogP contribution in [0, 0.1) is 0 Å². The zero-order valence-corrected chi connectivity index (χ0v) is 9.15. The first-order valence-electron chi connectivity index (χ1n) is 4.90. The Morgan fingerprint density at radius 2 is 2.19 bits per heavy atom. The predicted octanol–water partition coefficient (Wildman–Crippen LogP) is 1.48. The third kappa shape index (κ3) is 1.88. The molecule has 0 spiro atoms. The number of ether oxygens (including phenoxy) is 3. The maximum absolute atomic E-state index is 11.0. The van der Waals surface area contributed by atoms with Gasteiger partial charge in [0.15, 0.2) is 0 Å². The molecule has 0 radical (unpaired) electrons. The predicted molar refractivity (Wildman–Crippen MR) is 56.8 cm³/mol. The van der Waals surface area contributed by atoms with Gasteiger partial charge in [-0.3, -0.25) is 0 Å². The highest BCUT2D eigenvalue weighted by molar-refractivity contribution is 5.70. The molecule has 1 atom stereocenters. The summed E-state index contributed by atoms with van der Waals surface area (Å²) in [6.07, 6.45) is -0.408. The number of alkyl carbamates (subject to hydrolysis) is 1. The maximum Gasteiger partial charge on any atom is 0.407 e. The molecule has 16 heavy (non-hydrogen) atoms. The van der Waals surface area contributed by atoms with Crippen LogP contribution in [0.4, 0.5) is 4.79 Å². The molecule has 1 aromatic carbocycles. The monoisotopic (exact) mass is 223 g/mol. The van der Waals surface area contributed by atoms with E-state index in [1.807, 2.05) is 6.07 Å². The Morgan fingerprint density at radius 3 is 2.75 bits per heavy atom. The van der Waals surface area contributed by atoms with Crippen LogP contribution in [-0.4, -0.2) is 26.9 Å². The Labute approximate surface area is 93.3 Å². The molecule has 1 amide bonds. The Balaban J connectivity index is 2.33. The minimum absolute atomic E-state index is 0.183. The van der Waals surface area contributed by atoms with Gasteiger partial charge in [0, 0.05) is 5.56 Å². The van der Waals surface area contributed by atoms with Crippen molar-refractivity contribution < 1.29 is 19.0 Å². The van der Waals surface area contributed by atoms with E-state index in [-0.39, 0.29) is 6.04 Å². The molecule has 2 rings (SSSR count). The van der Waals surface area contributed by atoms with Crippen LogP contribution in [0.3, 0.4) is 0 Å². The SMILES string of the molecule is COc1ccc(OC)c(C2COC(=O)N2)c1. The summed E-state index contributed by atoms with van der Waals surface area (Å²) in [5.74, 6) is 1.42. The summed E-state index contributed by atoms with van der Waals surface area (Å²) >= 11 is 0. The minimum atomic E-state index is -0.408. The molecule has 0 saturated carbocycles. The van der Waals surface area contributed by atoms with E-state index in [2.05, 4.69) is 5.32 Å². The number of hydrogen-bond donors (Lipinski definition) is 1. The number of amides is 1. The molecule has 1 N–H and O–H groups in total. The molecule has 1 heterocycles. The van der Waals surface area contributed by atoms with Crippen LogP contribution >= 0.6 is 0 Å². The molecule has 0 bridgehead atoms.